The normalized spacial score (nSPS) is 10.1. The Morgan fingerprint density at radius 1 is 1.15 bits per heavy atom. The van der Waals surface area contributed by atoms with Crippen LogP contribution in [0.5, 0.6) is 5.75 Å². The number of nitrogens with two attached hydrogens (primary N) is 1. The summed E-state index contributed by atoms with van der Waals surface area (Å²) in [5, 5.41) is 4.86. The summed E-state index contributed by atoms with van der Waals surface area (Å²) in [5.74, 6) is -1.63. The summed E-state index contributed by atoms with van der Waals surface area (Å²) in [6.07, 6.45) is 1.95. The molecule has 0 aliphatic carbocycles. The van der Waals surface area contributed by atoms with Crippen LogP contribution in [-0.4, -0.2) is 42.9 Å². The van der Waals surface area contributed by atoms with Crippen molar-refractivity contribution in [3.05, 3.63) is 59.4 Å². The third kappa shape index (κ3) is 5.12. The number of carbonyl (C=O) groups is 3. The number of carbonyl (C=O) groups excluding carboxylic acids is 3. The first-order valence-electron chi connectivity index (χ1n) is 7.95. The second-order valence-electron chi connectivity index (χ2n) is 5.35. The minimum Gasteiger partial charge on any atom is -0.494 e. The van der Waals surface area contributed by atoms with Gasteiger partial charge in [-0.25, -0.2) is 4.98 Å². The van der Waals surface area contributed by atoms with Crippen molar-refractivity contribution in [3.63, 3.8) is 0 Å². The van der Waals surface area contributed by atoms with E-state index in [1.165, 1.54) is 19.4 Å². The highest BCUT2D eigenvalue weighted by molar-refractivity contribution is 6.06. The third-order valence-electron chi connectivity index (χ3n) is 3.53. The zero-order chi connectivity index (χ0) is 18.9. The third-order valence-corrected chi connectivity index (χ3v) is 3.53. The molecule has 1 aromatic carbocycles. The Morgan fingerprint density at radius 3 is 2.54 bits per heavy atom. The minimum absolute atomic E-state index is 0.0861. The lowest BCUT2D eigenvalue weighted by atomic mass is 10.1. The van der Waals surface area contributed by atoms with Gasteiger partial charge in [-0.05, 0) is 18.1 Å². The molecule has 0 atom stereocenters. The maximum absolute atomic E-state index is 12.2. The van der Waals surface area contributed by atoms with Crippen LogP contribution >= 0.6 is 0 Å². The van der Waals surface area contributed by atoms with Crippen LogP contribution in [0, 0.1) is 0 Å². The number of rotatable bonds is 7. The molecule has 0 bridgehead atoms. The molecule has 2 rings (SSSR count). The number of ether oxygens (including phenoxy) is 1. The molecule has 0 saturated heterocycles. The average Bonchev–Trinajstić information content (AvgIpc) is 2.67. The van der Waals surface area contributed by atoms with Gasteiger partial charge in [0.05, 0.1) is 19.2 Å². The summed E-state index contributed by atoms with van der Waals surface area (Å²) < 4.78 is 5.10. The van der Waals surface area contributed by atoms with Crippen molar-refractivity contribution < 1.29 is 19.1 Å². The van der Waals surface area contributed by atoms with E-state index in [2.05, 4.69) is 15.6 Å². The van der Waals surface area contributed by atoms with Crippen molar-refractivity contribution in [2.75, 3.05) is 20.2 Å². The molecule has 0 fully saturated rings. The Labute approximate surface area is 150 Å². The molecular formula is C18H20N4O4. The summed E-state index contributed by atoms with van der Waals surface area (Å²) in [7, 11) is 1.34. The van der Waals surface area contributed by atoms with Gasteiger partial charge in [-0.3, -0.25) is 19.7 Å². The number of nitrogens with one attached hydrogen (secondary N) is 2. The van der Waals surface area contributed by atoms with Crippen LogP contribution < -0.4 is 21.1 Å². The molecule has 8 heteroatoms. The highest BCUT2D eigenvalue weighted by atomic mass is 16.5. The summed E-state index contributed by atoms with van der Waals surface area (Å²) in [6, 6.07) is 11.2. The van der Waals surface area contributed by atoms with Crippen molar-refractivity contribution in [2.24, 2.45) is 5.73 Å². The summed E-state index contributed by atoms with van der Waals surface area (Å²) in [6.45, 7) is 0.133. The van der Waals surface area contributed by atoms with Crippen molar-refractivity contribution in [1.29, 1.82) is 0 Å². The molecule has 136 valence electrons. The lowest BCUT2D eigenvalue weighted by Gasteiger charge is -2.10. The van der Waals surface area contributed by atoms with Gasteiger partial charge in [-0.15, -0.1) is 0 Å². The van der Waals surface area contributed by atoms with Crippen LogP contribution in [-0.2, 0) is 11.2 Å². The summed E-state index contributed by atoms with van der Waals surface area (Å²) in [5.41, 5.74) is 6.41. The molecule has 0 aliphatic rings. The largest absolute Gasteiger partial charge is 0.494 e. The van der Waals surface area contributed by atoms with Crippen molar-refractivity contribution in [1.82, 2.24) is 15.6 Å². The quantitative estimate of drug-likeness (QED) is 0.655. The van der Waals surface area contributed by atoms with E-state index < -0.39 is 11.8 Å². The fraction of sp³-hybridized carbons (Fsp3) is 0.222. The molecule has 0 unspecified atom stereocenters. The molecule has 4 N–H and O–H groups in total. The zero-order valence-electron chi connectivity index (χ0n) is 14.3. The van der Waals surface area contributed by atoms with E-state index in [0.29, 0.717) is 13.0 Å². The van der Waals surface area contributed by atoms with E-state index in [9.17, 15) is 14.4 Å². The molecule has 3 amide bonds. The van der Waals surface area contributed by atoms with Crippen LogP contribution in [0.25, 0.3) is 0 Å². The van der Waals surface area contributed by atoms with E-state index in [-0.39, 0.29) is 29.5 Å². The number of aromatic nitrogens is 1. The Bertz CT molecular complexity index is 793. The number of hydrogen-bond donors (Lipinski definition) is 3. The predicted molar refractivity (Wildman–Crippen MR) is 94.8 cm³/mol. The molecule has 0 aliphatic heterocycles. The standard InChI is InChI=1S/C18H20N4O4/c1-26-14-9-13(11-21-16(14)18(25)22-15(23)10-19)17(24)20-8-7-12-5-3-2-4-6-12/h2-6,9,11H,7-8,10,19H2,1H3,(H,20,24)(H,22,23,25). The molecule has 1 heterocycles. The van der Waals surface area contributed by atoms with Gasteiger partial charge in [-0.2, -0.15) is 0 Å². The van der Waals surface area contributed by atoms with E-state index in [1.807, 2.05) is 30.3 Å². The van der Waals surface area contributed by atoms with Gasteiger partial charge in [0.1, 0.15) is 0 Å². The smallest absolute Gasteiger partial charge is 0.280 e. The molecular weight excluding hydrogens is 336 g/mol. The number of benzene rings is 1. The molecule has 26 heavy (non-hydrogen) atoms. The van der Waals surface area contributed by atoms with Crippen LogP contribution in [0.4, 0.5) is 0 Å². The number of methoxy groups -OCH3 is 1. The minimum atomic E-state index is -0.742. The molecule has 0 radical (unpaired) electrons. The van der Waals surface area contributed by atoms with Crippen LogP contribution in [0.1, 0.15) is 26.4 Å². The van der Waals surface area contributed by atoms with Gasteiger partial charge in [0.2, 0.25) is 5.91 Å². The Balaban J connectivity index is 2.02. The van der Waals surface area contributed by atoms with Crippen molar-refractivity contribution >= 4 is 17.7 Å². The van der Waals surface area contributed by atoms with Gasteiger partial charge >= 0.3 is 0 Å². The van der Waals surface area contributed by atoms with Gasteiger partial charge < -0.3 is 15.8 Å². The summed E-state index contributed by atoms with van der Waals surface area (Å²) in [4.78, 5) is 39.4. The topological polar surface area (TPSA) is 123 Å². The van der Waals surface area contributed by atoms with E-state index in [4.69, 9.17) is 10.5 Å². The SMILES string of the molecule is COc1cc(C(=O)NCCc2ccccc2)cnc1C(=O)NC(=O)CN. The lowest BCUT2D eigenvalue weighted by molar-refractivity contribution is -0.118. The fourth-order valence-electron chi connectivity index (χ4n) is 2.20. The van der Waals surface area contributed by atoms with Gasteiger partial charge in [0.25, 0.3) is 11.8 Å². The second-order valence-corrected chi connectivity index (χ2v) is 5.35. The lowest BCUT2D eigenvalue weighted by Crippen LogP contribution is -2.36. The van der Waals surface area contributed by atoms with Crippen LogP contribution in [0.15, 0.2) is 42.6 Å². The maximum Gasteiger partial charge on any atom is 0.280 e. The van der Waals surface area contributed by atoms with Crippen LogP contribution in [0.3, 0.4) is 0 Å². The average molecular weight is 356 g/mol. The molecule has 2 aromatic rings. The van der Waals surface area contributed by atoms with Crippen molar-refractivity contribution in [2.45, 2.75) is 6.42 Å². The highest BCUT2D eigenvalue weighted by Gasteiger charge is 2.18. The molecule has 0 saturated carbocycles. The predicted octanol–water partition coefficient (Wildman–Crippen LogP) is 0.278. The molecule has 0 spiro atoms. The number of pyridine rings is 1. The fourth-order valence-corrected chi connectivity index (χ4v) is 2.20. The number of nitrogens with zero attached hydrogens (tertiary/aromatic N) is 1. The van der Waals surface area contributed by atoms with Gasteiger partial charge in [-0.1, -0.05) is 30.3 Å². The van der Waals surface area contributed by atoms with Crippen LogP contribution in [0.2, 0.25) is 0 Å². The first kappa shape index (κ1) is 19.1. The Hall–Kier alpha value is -3.26. The Morgan fingerprint density at radius 2 is 1.88 bits per heavy atom. The molecule has 8 nitrogen and oxygen atoms in total. The van der Waals surface area contributed by atoms with Crippen molar-refractivity contribution in [3.8, 4) is 5.75 Å². The van der Waals surface area contributed by atoms with Gasteiger partial charge in [0.15, 0.2) is 11.4 Å². The zero-order valence-corrected chi connectivity index (χ0v) is 14.3. The van der Waals surface area contributed by atoms with E-state index in [1.54, 1.807) is 0 Å². The summed E-state index contributed by atoms with van der Waals surface area (Å²) >= 11 is 0. The first-order chi connectivity index (χ1) is 12.5. The monoisotopic (exact) mass is 356 g/mol. The Kier molecular flexibility index (Phi) is 6.81. The van der Waals surface area contributed by atoms with E-state index >= 15 is 0 Å². The number of imide groups is 1. The molecule has 1 aromatic heterocycles. The second kappa shape index (κ2) is 9.28. The van der Waals surface area contributed by atoms with E-state index in [0.717, 1.165) is 5.56 Å². The first-order valence-corrected chi connectivity index (χ1v) is 7.95. The highest BCUT2D eigenvalue weighted by Crippen LogP contribution is 2.17. The number of hydrogen-bond acceptors (Lipinski definition) is 6. The maximum atomic E-state index is 12.2. The van der Waals surface area contributed by atoms with Gasteiger partial charge in [0, 0.05) is 12.7 Å². The number of amides is 3.